The number of benzene rings is 2. The van der Waals surface area contributed by atoms with Crippen LogP contribution in [0.5, 0.6) is 0 Å². The molecule has 22 heavy (non-hydrogen) atoms. The van der Waals surface area contributed by atoms with E-state index in [4.69, 9.17) is 12.2 Å². The van der Waals surface area contributed by atoms with Crippen LogP contribution in [0.1, 0.15) is 43.9 Å². The van der Waals surface area contributed by atoms with E-state index in [9.17, 15) is 4.39 Å². The van der Waals surface area contributed by atoms with Crippen LogP contribution in [0.15, 0.2) is 48.5 Å². The molecule has 0 saturated carbocycles. The van der Waals surface area contributed by atoms with E-state index in [1.165, 1.54) is 17.7 Å². The normalized spacial score (nSPS) is 12.0. The molecule has 2 aromatic carbocycles. The molecule has 0 aliphatic rings. The number of halogens is 1. The molecule has 0 heterocycles. The topological polar surface area (TPSA) is 24.1 Å². The third-order valence-electron chi connectivity index (χ3n) is 3.55. The van der Waals surface area contributed by atoms with Crippen molar-refractivity contribution in [1.82, 2.24) is 5.32 Å². The van der Waals surface area contributed by atoms with Gasteiger partial charge in [-0.3, -0.25) is 0 Å². The molecule has 0 aromatic heterocycles. The summed E-state index contributed by atoms with van der Waals surface area (Å²) in [6.45, 7) is 6.32. The Kier molecular flexibility index (Phi) is 5.50. The van der Waals surface area contributed by atoms with Gasteiger partial charge in [-0.1, -0.05) is 38.1 Å². The molecule has 116 valence electrons. The number of rotatable bonds is 4. The standard InChI is InChI=1S/C18H21FN2S/c1-12(2)14-6-10-17(11-7-14)21-18(22)20-13(3)15-4-8-16(19)9-5-15/h4-13H,1-3H3,(H2,20,21,22)/t13-/m0/s1. The van der Waals surface area contributed by atoms with Crippen molar-refractivity contribution in [3.63, 3.8) is 0 Å². The quantitative estimate of drug-likeness (QED) is 0.777. The number of hydrogen-bond donors (Lipinski definition) is 2. The largest absolute Gasteiger partial charge is 0.356 e. The van der Waals surface area contributed by atoms with Crippen LogP contribution >= 0.6 is 12.2 Å². The zero-order chi connectivity index (χ0) is 16.1. The Morgan fingerprint density at radius 2 is 1.45 bits per heavy atom. The summed E-state index contributed by atoms with van der Waals surface area (Å²) in [6.07, 6.45) is 0. The molecule has 0 amide bonds. The molecular formula is C18H21FN2S. The highest BCUT2D eigenvalue weighted by molar-refractivity contribution is 7.80. The van der Waals surface area contributed by atoms with Crippen LogP contribution in [0.4, 0.5) is 10.1 Å². The molecule has 2 aromatic rings. The van der Waals surface area contributed by atoms with Crippen molar-refractivity contribution in [2.75, 3.05) is 5.32 Å². The van der Waals surface area contributed by atoms with E-state index in [0.717, 1.165) is 11.3 Å². The third-order valence-corrected chi connectivity index (χ3v) is 3.77. The lowest BCUT2D eigenvalue weighted by Crippen LogP contribution is -2.30. The number of thiocarbonyl (C=S) groups is 1. The summed E-state index contributed by atoms with van der Waals surface area (Å²) in [7, 11) is 0. The van der Waals surface area contributed by atoms with E-state index in [-0.39, 0.29) is 11.9 Å². The van der Waals surface area contributed by atoms with Gasteiger partial charge < -0.3 is 10.6 Å². The van der Waals surface area contributed by atoms with Crippen LogP contribution in [0.3, 0.4) is 0 Å². The first-order valence-electron chi connectivity index (χ1n) is 7.38. The summed E-state index contributed by atoms with van der Waals surface area (Å²) >= 11 is 5.33. The van der Waals surface area contributed by atoms with Crippen molar-refractivity contribution < 1.29 is 4.39 Å². The molecule has 0 saturated heterocycles. The van der Waals surface area contributed by atoms with Gasteiger partial charge in [0, 0.05) is 5.69 Å². The van der Waals surface area contributed by atoms with E-state index < -0.39 is 0 Å². The van der Waals surface area contributed by atoms with Crippen LogP contribution in [0.2, 0.25) is 0 Å². The third kappa shape index (κ3) is 4.53. The van der Waals surface area contributed by atoms with Crippen molar-refractivity contribution in [3.8, 4) is 0 Å². The molecular weight excluding hydrogens is 295 g/mol. The van der Waals surface area contributed by atoms with Gasteiger partial charge in [0.25, 0.3) is 0 Å². The fraction of sp³-hybridized carbons (Fsp3) is 0.278. The van der Waals surface area contributed by atoms with Crippen molar-refractivity contribution in [3.05, 3.63) is 65.5 Å². The lowest BCUT2D eigenvalue weighted by molar-refractivity contribution is 0.624. The van der Waals surface area contributed by atoms with Crippen molar-refractivity contribution in [2.45, 2.75) is 32.7 Å². The van der Waals surface area contributed by atoms with Gasteiger partial charge in [0.05, 0.1) is 6.04 Å². The van der Waals surface area contributed by atoms with Gasteiger partial charge in [-0.05, 0) is 60.5 Å². The van der Waals surface area contributed by atoms with Crippen molar-refractivity contribution in [1.29, 1.82) is 0 Å². The highest BCUT2D eigenvalue weighted by atomic mass is 32.1. The van der Waals surface area contributed by atoms with Crippen molar-refractivity contribution in [2.24, 2.45) is 0 Å². The zero-order valence-corrected chi connectivity index (χ0v) is 13.9. The lowest BCUT2D eigenvalue weighted by atomic mass is 10.0. The van der Waals surface area contributed by atoms with E-state index in [2.05, 4.69) is 36.6 Å². The molecule has 0 aliphatic heterocycles. The van der Waals surface area contributed by atoms with E-state index in [1.807, 2.05) is 19.1 Å². The fourth-order valence-corrected chi connectivity index (χ4v) is 2.44. The van der Waals surface area contributed by atoms with Crippen LogP contribution in [0, 0.1) is 5.82 Å². The molecule has 0 spiro atoms. The second-order valence-corrected chi connectivity index (χ2v) is 6.06. The maximum Gasteiger partial charge on any atom is 0.171 e. The van der Waals surface area contributed by atoms with Gasteiger partial charge in [0.2, 0.25) is 0 Å². The smallest absolute Gasteiger partial charge is 0.171 e. The van der Waals surface area contributed by atoms with Gasteiger partial charge in [0.15, 0.2) is 5.11 Å². The van der Waals surface area contributed by atoms with Crippen LogP contribution < -0.4 is 10.6 Å². The Hall–Kier alpha value is -1.94. The molecule has 4 heteroatoms. The van der Waals surface area contributed by atoms with E-state index >= 15 is 0 Å². The van der Waals surface area contributed by atoms with Gasteiger partial charge in [-0.15, -0.1) is 0 Å². The molecule has 2 N–H and O–H groups in total. The Morgan fingerprint density at radius 3 is 2.00 bits per heavy atom. The predicted molar refractivity (Wildman–Crippen MR) is 94.7 cm³/mol. The van der Waals surface area contributed by atoms with Crippen molar-refractivity contribution >= 4 is 23.0 Å². The maximum absolute atomic E-state index is 12.9. The summed E-state index contributed by atoms with van der Waals surface area (Å²) in [5.74, 6) is 0.277. The predicted octanol–water partition coefficient (Wildman–Crippen LogP) is 5.00. The first-order valence-corrected chi connectivity index (χ1v) is 7.79. The fourth-order valence-electron chi connectivity index (χ4n) is 2.15. The molecule has 2 rings (SSSR count). The van der Waals surface area contributed by atoms with Gasteiger partial charge in [0.1, 0.15) is 5.82 Å². The van der Waals surface area contributed by atoms with Crippen LogP contribution in [-0.4, -0.2) is 5.11 Å². The summed E-state index contributed by atoms with van der Waals surface area (Å²) in [6, 6.07) is 14.7. The molecule has 0 radical (unpaired) electrons. The molecule has 2 nitrogen and oxygen atoms in total. The van der Waals surface area contributed by atoms with Crippen LogP contribution in [0.25, 0.3) is 0 Å². The molecule has 0 bridgehead atoms. The molecule has 0 aliphatic carbocycles. The lowest BCUT2D eigenvalue weighted by Gasteiger charge is -2.17. The Labute approximate surface area is 136 Å². The highest BCUT2D eigenvalue weighted by Gasteiger charge is 2.07. The Balaban J connectivity index is 1.93. The second kappa shape index (κ2) is 7.36. The van der Waals surface area contributed by atoms with E-state index in [0.29, 0.717) is 11.0 Å². The average molecular weight is 316 g/mol. The van der Waals surface area contributed by atoms with Gasteiger partial charge >= 0.3 is 0 Å². The summed E-state index contributed by atoms with van der Waals surface area (Å²) in [5, 5.41) is 6.92. The second-order valence-electron chi connectivity index (χ2n) is 5.65. The Bertz CT molecular complexity index is 621. The molecule has 1 atom stereocenters. The SMILES string of the molecule is CC(C)c1ccc(NC(=S)N[C@@H](C)c2ccc(F)cc2)cc1. The zero-order valence-electron chi connectivity index (χ0n) is 13.1. The highest BCUT2D eigenvalue weighted by Crippen LogP contribution is 2.18. The first-order chi connectivity index (χ1) is 10.5. The average Bonchev–Trinajstić information content (AvgIpc) is 2.48. The summed E-state index contributed by atoms with van der Waals surface area (Å²) < 4.78 is 12.9. The first kappa shape index (κ1) is 16.4. The van der Waals surface area contributed by atoms with Crippen LogP contribution in [-0.2, 0) is 0 Å². The molecule has 0 fully saturated rings. The number of anilines is 1. The summed E-state index contributed by atoms with van der Waals surface area (Å²) in [5.41, 5.74) is 3.23. The number of nitrogens with one attached hydrogen (secondary N) is 2. The minimum absolute atomic E-state index is 0.00976. The van der Waals surface area contributed by atoms with E-state index in [1.54, 1.807) is 12.1 Å². The minimum atomic E-state index is -0.234. The summed E-state index contributed by atoms with van der Waals surface area (Å²) in [4.78, 5) is 0. The minimum Gasteiger partial charge on any atom is -0.356 e. The van der Waals surface area contributed by atoms with Gasteiger partial charge in [-0.25, -0.2) is 4.39 Å². The monoisotopic (exact) mass is 316 g/mol. The Morgan fingerprint density at radius 1 is 0.909 bits per heavy atom. The maximum atomic E-state index is 12.9. The van der Waals surface area contributed by atoms with Gasteiger partial charge in [-0.2, -0.15) is 0 Å². The molecule has 0 unspecified atom stereocenters. The number of hydrogen-bond acceptors (Lipinski definition) is 1.